The summed E-state index contributed by atoms with van der Waals surface area (Å²) in [5, 5.41) is 3.29. The third-order valence-electron chi connectivity index (χ3n) is 6.74. The number of alkyl halides is 3. The number of hydrogen-bond donors (Lipinski definition) is 2. The lowest BCUT2D eigenvalue weighted by Gasteiger charge is -2.37. The Morgan fingerprint density at radius 2 is 1.97 bits per heavy atom. The van der Waals surface area contributed by atoms with Gasteiger partial charge in [0.2, 0.25) is 5.96 Å². The minimum atomic E-state index is -4.50. The molecule has 11 heteroatoms. The number of nitrogens with one attached hydrogen (secondary N) is 1. The number of anilines is 2. The van der Waals surface area contributed by atoms with Gasteiger partial charge in [0.1, 0.15) is 11.9 Å². The molecule has 198 valence electrons. The fraction of sp³-hybridized carbons (Fsp3) is 0.462. The molecule has 37 heavy (non-hydrogen) atoms. The molecule has 0 amide bonds. The van der Waals surface area contributed by atoms with Gasteiger partial charge in [-0.05, 0) is 50.6 Å². The Balaban J connectivity index is 1.55. The van der Waals surface area contributed by atoms with Gasteiger partial charge in [-0.1, -0.05) is 0 Å². The number of fused-ring (bicyclic) bond motifs is 3. The van der Waals surface area contributed by atoms with E-state index in [1.54, 1.807) is 14.0 Å². The van der Waals surface area contributed by atoms with Crippen LogP contribution in [-0.4, -0.2) is 50.3 Å². The van der Waals surface area contributed by atoms with E-state index >= 15 is 0 Å². The maximum atomic E-state index is 13.4. The van der Waals surface area contributed by atoms with Crippen molar-refractivity contribution >= 4 is 23.2 Å². The fourth-order valence-electron chi connectivity index (χ4n) is 4.81. The number of nitrogen functional groups attached to an aromatic ring is 1. The van der Waals surface area contributed by atoms with Crippen LogP contribution in [-0.2, 0) is 10.9 Å². The number of halogens is 3. The van der Waals surface area contributed by atoms with Crippen molar-refractivity contribution < 1.29 is 27.4 Å². The number of nitrogens with two attached hydrogens (primary N) is 1. The Morgan fingerprint density at radius 1 is 1.19 bits per heavy atom. The van der Waals surface area contributed by atoms with Gasteiger partial charge in [0, 0.05) is 23.7 Å². The van der Waals surface area contributed by atoms with E-state index < -0.39 is 17.8 Å². The Hall–Kier alpha value is -3.47. The molecule has 0 bridgehead atoms. The lowest BCUT2D eigenvalue weighted by atomic mass is 9.99. The third kappa shape index (κ3) is 4.79. The number of hydrogen-bond acceptors (Lipinski definition) is 8. The third-order valence-corrected chi connectivity index (χ3v) is 6.74. The Labute approximate surface area is 213 Å². The average molecular weight is 518 g/mol. The van der Waals surface area contributed by atoms with Crippen molar-refractivity contribution in [2.75, 3.05) is 37.5 Å². The molecule has 3 aliphatic heterocycles. The van der Waals surface area contributed by atoms with E-state index in [0.29, 0.717) is 48.6 Å². The molecular weight excluding hydrogens is 487 g/mol. The lowest BCUT2D eigenvalue weighted by molar-refractivity contribution is -0.137. The molecule has 8 nitrogen and oxygen atoms in total. The zero-order valence-corrected chi connectivity index (χ0v) is 21.1. The van der Waals surface area contributed by atoms with E-state index in [2.05, 4.69) is 24.2 Å². The molecule has 1 saturated heterocycles. The molecule has 0 aromatic heterocycles. The summed E-state index contributed by atoms with van der Waals surface area (Å²) in [6.45, 7) is 7.57. The van der Waals surface area contributed by atoms with Crippen molar-refractivity contribution in [3.63, 3.8) is 0 Å². The summed E-state index contributed by atoms with van der Waals surface area (Å²) in [4.78, 5) is 11.4. The first-order chi connectivity index (χ1) is 17.5. The predicted octanol–water partition coefficient (Wildman–Crippen LogP) is 4.53. The first-order valence-electron chi connectivity index (χ1n) is 12.1. The van der Waals surface area contributed by atoms with Crippen LogP contribution in [0.4, 0.5) is 24.5 Å². The summed E-state index contributed by atoms with van der Waals surface area (Å²) in [6, 6.07) is 6.78. The Kier molecular flexibility index (Phi) is 6.21. The smallest absolute Gasteiger partial charge is 0.416 e. The molecule has 2 atom stereocenters. The molecule has 1 fully saturated rings. The number of methoxy groups -OCH3 is 1. The van der Waals surface area contributed by atoms with Gasteiger partial charge < -0.3 is 30.2 Å². The van der Waals surface area contributed by atoms with E-state index in [-0.39, 0.29) is 17.3 Å². The summed E-state index contributed by atoms with van der Waals surface area (Å²) in [5.41, 5.74) is 6.67. The molecule has 0 saturated carbocycles. The highest BCUT2D eigenvalue weighted by Crippen LogP contribution is 2.43. The molecule has 3 aliphatic rings. The van der Waals surface area contributed by atoms with Crippen molar-refractivity contribution in [1.82, 2.24) is 5.32 Å². The van der Waals surface area contributed by atoms with E-state index in [0.717, 1.165) is 29.8 Å². The highest BCUT2D eigenvalue weighted by atomic mass is 19.4. The van der Waals surface area contributed by atoms with Gasteiger partial charge in [-0.2, -0.15) is 18.2 Å². The van der Waals surface area contributed by atoms with Gasteiger partial charge in [0.25, 0.3) is 0 Å². The summed E-state index contributed by atoms with van der Waals surface area (Å²) >= 11 is 0. The van der Waals surface area contributed by atoms with Crippen LogP contribution >= 0.6 is 0 Å². The number of aliphatic imine (C=N–C) groups is 2. The van der Waals surface area contributed by atoms with Crippen molar-refractivity contribution in [3.8, 4) is 11.5 Å². The molecule has 0 radical (unpaired) electrons. The zero-order valence-electron chi connectivity index (χ0n) is 21.1. The monoisotopic (exact) mass is 517 g/mol. The zero-order chi connectivity index (χ0) is 26.5. The Bertz CT molecular complexity index is 1270. The minimum absolute atomic E-state index is 0.0387. The van der Waals surface area contributed by atoms with Crippen molar-refractivity contribution in [3.05, 3.63) is 47.0 Å². The largest absolute Gasteiger partial charge is 0.493 e. The number of rotatable bonds is 5. The van der Waals surface area contributed by atoms with Gasteiger partial charge in [-0.25, -0.2) is 4.99 Å². The van der Waals surface area contributed by atoms with Crippen molar-refractivity contribution in [2.45, 2.75) is 51.1 Å². The molecule has 2 aromatic rings. The number of amidine groups is 1. The maximum Gasteiger partial charge on any atom is 0.416 e. The average Bonchev–Trinajstić information content (AvgIpc) is 3.45. The van der Waals surface area contributed by atoms with Gasteiger partial charge >= 0.3 is 6.18 Å². The first kappa shape index (κ1) is 25.2. The van der Waals surface area contributed by atoms with E-state index in [9.17, 15) is 13.2 Å². The normalized spacial score (nSPS) is 21.1. The van der Waals surface area contributed by atoms with Crippen LogP contribution in [0.1, 0.15) is 49.9 Å². The van der Waals surface area contributed by atoms with Crippen LogP contribution in [0.5, 0.6) is 11.5 Å². The molecule has 0 spiro atoms. The number of benzene rings is 2. The molecular formula is C26H30F3N5O3. The topological polar surface area (TPSA) is 93.7 Å². The molecule has 2 unspecified atom stereocenters. The molecule has 3 N–H and O–H groups in total. The van der Waals surface area contributed by atoms with Crippen LogP contribution in [0.15, 0.2) is 40.3 Å². The second-order valence-corrected chi connectivity index (χ2v) is 10.1. The second-order valence-electron chi connectivity index (χ2n) is 10.1. The van der Waals surface area contributed by atoms with E-state index in [1.165, 1.54) is 6.07 Å². The van der Waals surface area contributed by atoms with Crippen LogP contribution in [0.3, 0.4) is 0 Å². The molecule has 3 heterocycles. The quantitative estimate of drug-likeness (QED) is 0.566. The number of guanidine groups is 1. The Morgan fingerprint density at radius 3 is 2.65 bits per heavy atom. The predicted molar refractivity (Wildman–Crippen MR) is 136 cm³/mol. The number of nitrogens with zero attached hydrogens (tertiary/aromatic N) is 3. The summed E-state index contributed by atoms with van der Waals surface area (Å²) in [7, 11) is 1.58. The van der Waals surface area contributed by atoms with Crippen molar-refractivity contribution in [1.29, 1.82) is 0 Å². The second kappa shape index (κ2) is 9.13. The van der Waals surface area contributed by atoms with Crippen LogP contribution in [0.25, 0.3) is 0 Å². The van der Waals surface area contributed by atoms with Gasteiger partial charge in [-0.15, -0.1) is 0 Å². The van der Waals surface area contributed by atoms with Crippen molar-refractivity contribution in [2.24, 2.45) is 9.98 Å². The SMILES string of the molecule is COc1cc2c(cc1OC1CCOC1)C(NC(C)c1cc(N)cc(C(F)(F)F)c1)=NC1=NCC(C)(C)N12. The number of ether oxygens (including phenoxy) is 3. The minimum Gasteiger partial charge on any atom is -0.493 e. The molecule has 5 rings (SSSR count). The van der Waals surface area contributed by atoms with Gasteiger partial charge in [-0.3, -0.25) is 0 Å². The molecule has 0 aliphatic carbocycles. The van der Waals surface area contributed by atoms with Crippen LogP contribution in [0.2, 0.25) is 0 Å². The highest BCUT2D eigenvalue weighted by Gasteiger charge is 2.41. The molecule has 2 aromatic carbocycles. The van der Waals surface area contributed by atoms with Crippen LogP contribution < -0.4 is 25.4 Å². The van der Waals surface area contributed by atoms with Crippen LogP contribution in [0, 0.1) is 0 Å². The summed E-state index contributed by atoms with van der Waals surface area (Å²) in [5.74, 6) is 2.10. The van der Waals surface area contributed by atoms with E-state index in [4.69, 9.17) is 24.9 Å². The first-order valence-corrected chi connectivity index (χ1v) is 12.1. The lowest BCUT2D eigenvalue weighted by Crippen LogP contribution is -2.48. The standard InChI is InChI=1S/C26H30F3N5O3/c1-14(15-7-16(26(27,28)29)9-17(30)8-15)32-23-19-10-22(37-18-5-6-36-12-18)21(35-4)11-20(19)34-24(33-23)31-13-25(34,2)3/h7-11,14,18H,5-6,12-13,30H2,1-4H3,(H,31,32,33). The van der Waals surface area contributed by atoms with Gasteiger partial charge in [0.15, 0.2) is 11.5 Å². The van der Waals surface area contributed by atoms with E-state index in [1.807, 2.05) is 17.0 Å². The maximum absolute atomic E-state index is 13.4. The summed E-state index contributed by atoms with van der Waals surface area (Å²) in [6.07, 6.45) is -3.84. The van der Waals surface area contributed by atoms with Gasteiger partial charge in [0.05, 0.1) is 49.7 Å². The highest BCUT2D eigenvalue weighted by molar-refractivity contribution is 6.19. The summed E-state index contributed by atoms with van der Waals surface area (Å²) < 4.78 is 57.6. The fourth-order valence-corrected chi connectivity index (χ4v) is 4.81.